The highest BCUT2D eigenvalue weighted by Gasteiger charge is 2.31. The van der Waals surface area contributed by atoms with Crippen molar-refractivity contribution >= 4 is 5.97 Å². The molecule has 3 N–H and O–H groups in total. The van der Waals surface area contributed by atoms with Crippen LogP contribution < -0.4 is 0 Å². The van der Waals surface area contributed by atoms with Crippen LogP contribution in [0.5, 0.6) is 11.5 Å². The third-order valence-corrected chi connectivity index (χ3v) is 5.52. The van der Waals surface area contributed by atoms with Crippen LogP contribution in [0, 0.1) is 6.92 Å². The Bertz CT molecular complexity index is 825. The molecule has 1 aliphatic heterocycles. The van der Waals surface area contributed by atoms with Gasteiger partial charge in [-0.2, -0.15) is 0 Å². The number of ether oxygens (including phenoxy) is 1. The van der Waals surface area contributed by atoms with E-state index in [9.17, 15) is 20.1 Å². The Labute approximate surface area is 173 Å². The molecule has 0 bridgehead atoms. The van der Waals surface area contributed by atoms with Crippen LogP contribution in [0.15, 0.2) is 23.3 Å². The summed E-state index contributed by atoms with van der Waals surface area (Å²) in [6.45, 7) is 9.65. The van der Waals surface area contributed by atoms with E-state index in [-0.39, 0.29) is 23.7 Å². The Morgan fingerprint density at radius 2 is 1.76 bits per heavy atom. The number of rotatable bonds is 9. The van der Waals surface area contributed by atoms with E-state index in [0.717, 1.165) is 37.7 Å². The maximum Gasteiger partial charge on any atom is 0.342 e. The molecule has 1 aromatic carbocycles. The minimum atomic E-state index is -0.608. The molecule has 0 fully saturated rings. The van der Waals surface area contributed by atoms with E-state index in [0.29, 0.717) is 23.1 Å². The lowest BCUT2D eigenvalue weighted by molar-refractivity contribution is 0.0532. The molecule has 0 amide bonds. The molecule has 0 spiro atoms. The number of phenols is 2. The third-order valence-electron chi connectivity index (χ3n) is 5.52. The molecule has 1 heterocycles. The lowest BCUT2D eigenvalue weighted by Crippen LogP contribution is -2.17. The first-order valence-electron chi connectivity index (χ1n) is 10.3. The summed E-state index contributed by atoms with van der Waals surface area (Å²) in [7, 11) is 0. The number of carbonyl (C=O) groups excluding carboxylic acids is 1. The molecule has 0 saturated heterocycles. The molecule has 0 radical (unpaired) electrons. The highest BCUT2D eigenvalue weighted by molar-refractivity contribution is 5.98. The summed E-state index contributed by atoms with van der Waals surface area (Å²) in [6, 6.07) is 0. The first-order valence-corrected chi connectivity index (χ1v) is 10.3. The van der Waals surface area contributed by atoms with Crippen LogP contribution >= 0.6 is 0 Å². The van der Waals surface area contributed by atoms with Crippen LogP contribution in [0.2, 0.25) is 0 Å². The summed E-state index contributed by atoms with van der Waals surface area (Å²) in [6.07, 6.45) is 9.13. The van der Waals surface area contributed by atoms with Gasteiger partial charge in [0, 0.05) is 11.1 Å². The first kappa shape index (κ1) is 23.0. The summed E-state index contributed by atoms with van der Waals surface area (Å²) >= 11 is 0. The molecule has 0 saturated carbocycles. The number of allylic oxidation sites excluding steroid dienone is 4. The van der Waals surface area contributed by atoms with Crippen molar-refractivity contribution in [1.82, 2.24) is 0 Å². The second-order valence-corrected chi connectivity index (χ2v) is 8.74. The average Bonchev–Trinajstić information content (AvgIpc) is 3.00. The molecule has 0 unspecified atom stereocenters. The van der Waals surface area contributed by atoms with Crippen LogP contribution in [0.4, 0.5) is 0 Å². The van der Waals surface area contributed by atoms with Crippen LogP contribution in [0.1, 0.15) is 86.8 Å². The topological polar surface area (TPSA) is 87.0 Å². The van der Waals surface area contributed by atoms with Crippen molar-refractivity contribution in [3.63, 3.8) is 0 Å². The van der Waals surface area contributed by atoms with Gasteiger partial charge in [0.25, 0.3) is 0 Å². The summed E-state index contributed by atoms with van der Waals surface area (Å²) in [5.74, 6) is -0.670. The Kier molecular flexibility index (Phi) is 7.53. The Morgan fingerprint density at radius 1 is 1.10 bits per heavy atom. The number of hydrogen-bond donors (Lipinski definition) is 3. The molecule has 160 valence electrons. The van der Waals surface area contributed by atoms with Gasteiger partial charge in [-0.15, -0.1) is 0 Å². The van der Waals surface area contributed by atoms with Crippen LogP contribution in [-0.2, 0) is 17.8 Å². The van der Waals surface area contributed by atoms with E-state index < -0.39 is 11.6 Å². The predicted molar refractivity (Wildman–Crippen MR) is 114 cm³/mol. The molecular formula is C24H34O5. The fraction of sp³-hybridized carbons (Fsp3) is 0.542. The van der Waals surface area contributed by atoms with E-state index in [1.807, 2.05) is 26.8 Å². The standard InChI is InChI=1S/C24H34O5/c1-15(10-7-13-24(4,5)28)8-6-9-16(2)11-12-18-21(25)17(3)19-14-29-23(27)20(19)22(18)26/h8,11,25-26,28H,6-7,9-10,12-14H2,1-5H3/b15-8+,16-11+. The van der Waals surface area contributed by atoms with E-state index in [1.165, 1.54) is 5.57 Å². The number of benzene rings is 1. The van der Waals surface area contributed by atoms with Crippen molar-refractivity contribution in [2.75, 3.05) is 0 Å². The fourth-order valence-corrected chi connectivity index (χ4v) is 3.59. The number of hydrogen-bond acceptors (Lipinski definition) is 5. The van der Waals surface area contributed by atoms with Crippen LogP contribution in [0.3, 0.4) is 0 Å². The lowest BCUT2D eigenvalue weighted by atomic mass is 9.94. The van der Waals surface area contributed by atoms with Gasteiger partial charge in [-0.25, -0.2) is 4.79 Å². The number of aliphatic hydroxyl groups is 1. The number of carbonyl (C=O) groups is 1. The van der Waals surface area contributed by atoms with Gasteiger partial charge in [-0.3, -0.25) is 0 Å². The summed E-state index contributed by atoms with van der Waals surface area (Å²) in [4.78, 5) is 11.9. The molecular weight excluding hydrogens is 368 g/mol. The van der Waals surface area contributed by atoms with Gasteiger partial charge in [0.2, 0.25) is 0 Å². The monoisotopic (exact) mass is 402 g/mol. The van der Waals surface area contributed by atoms with E-state index in [1.54, 1.807) is 6.92 Å². The zero-order valence-corrected chi connectivity index (χ0v) is 18.3. The second-order valence-electron chi connectivity index (χ2n) is 8.74. The van der Waals surface area contributed by atoms with E-state index >= 15 is 0 Å². The molecule has 0 atom stereocenters. The Morgan fingerprint density at radius 3 is 2.41 bits per heavy atom. The van der Waals surface area contributed by atoms with Crippen molar-refractivity contribution in [3.8, 4) is 11.5 Å². The highest BCUT2D eigenvalue weighted by atomic mass is 16.5. The first-order chi connectivity index (χ1) is 13.5. The minimum Gasteiger partial charge on any atom is -0.507 e. The molecule has 5 nitrogen and oxygen atoms in total. The van der Waals surface area contributed by atoms with Gasteiger partial charge < -0.3 is 20.1 Å². The van der Waals surface area contributed by atoms with Crippen LogP contribution in [0.25, 0.3) is 0 Å². The van der Waals surface area contributed by atoms with Crippen LogP contribution in [-0.4, -0.2) is 26.9 Å². The normalized spacial score (nSPS) is 14.9. The van der Waals surface area contributed by atoms with Crippen molar-refractivity contribution in [2.45, 2.75) is 85.4 Å². The quantitative estimate of drug-likeness (QED) is 0.389. The van der Waals surface area contributed by atoms with Crippen molar-refractivity contribution in [3.05, 3.63) is 45.6 Å². The highest BCUT2D eigenvalue weighted by Crippen LogP contribution is 2.41. The summed E-state index contributed by atoms with van der Waals surface area (Å²) in [5, 5.41) is 30.7. The minimum absolute atomic E-state index is 0.0335. The Balaban J connectivity index is 1.95. The fourth-order valence-electron chi connectivity index (χ4n) is 3.59. The summed E-state index contributed by atoms with van der Waals surface area (Å²) in [5.41, 5.74) is 3.59. The number of fused-ring (bicyclic) bond motifs is 1. The predicted octanol–water partition coefficient (Wildman–Crippen LogP) is 5.23. The molecule has 1 aromatic rings. The number of phenolic OH excluding ortho intramolecular Hbond substituents is 2. The zero-order valence-electron chi connectivity index (χ0n) is 18.3. The number of esters is 1. The van der Waals surface area contributed by atoms with Gasteiger partial charge >= 0.3 is 5.97 Å². The number of cyclic esters (lactones) is 1. The third kappa shape index (κ3) is 6.10. The number of aromatic hydroxyl groups is 2. The van der Waals surface area contributed by atoms with Crippen molar-refractivity contribution in [1.29, 1.82) is 0 Å². The summed E-state index contributed by atoms with van der Waals surface area (Å²) < 4.78 is 5.00. The SMILES string of the molecule is C/C(=C\Cc1c(O)c(C)c2c(c1O)C(=O)OC2)CC/C=C(\C)CCCC(C)(C)O. The molecule has 0 aliphatic carbocycles. The smallest absolute Gasteiger partial charge is 0.342 e. The molecule has 29 heavy (non-hydrogen) atoms. The molecule has 0 aromatic heterocycles. The maximum absolute atomic E-state index is 11.9. The Hall–Kier alpha value is -2.27. The van der Waals surface area contributed by atoms with Crippen molar-refractivity contribution in [2.24, 2.45) is 0 Å². The van der Waals surface area contributed by atoms with Gasteiger partial charge in [0.05, 0.1) is 5.60 Å². The van der Waals surface area contributed by atoms with Gasteiger partial charge in [0.1, 0.15) is 23.7 Å². The second kappa shape index (κ2) is 9.49. The van der Waals surface area contributed by atoms with E-state index in [2.05, 4.69) is 13.0 Å². The maximum atomic E-state index is 11.9. The molecule has 1 aliphatic rings. The molecule has 2 rings (SSSR count). The molecule has 5 heteroatoms. The zero-order chi connectivity index (χ0) is 21.8. The largest absolute Gasteiger partial charge is 0.507 e. The van der Waals surface area contributed by atoms with Gasteiger partial charge in [-0.1, -0.05) is 23.3 Å². The van der Waals surface area contributed by atoms with Gasteiger partial charge in [-0.05, 0) is 78.7 Å². The average molecular weight is 403 g/mol. The van der Waals surface area contributed by atoms with E-state index in [4.69, 9.17) is 4.74 Å². The van der Waals surface area contributed by atoms with Gasteiger partial charge in [0.15, 0.2) is 0 Å². The lowest BCUT2D eigenvalue weighted by Gasteiger charge is -2.16. The van der Waals surface area contributed by atoms with Crippen molar-refractivity contribution < 1.29 is 24.9 Å².